The van der Waals surface area contributed by atoms with Crippen LogP contribution in [-0.2, 0) is 6.54 Å². The van der Waals surface area contributed by atoms with Crippen molar-refractivity contribution in [2.45, 2.75) is 13.5 Å². The fraction of sp³-hybridized carbons (Fsp3) is 0.214. The van der Waals surface area contributed by atoms with Gasteiger partial charge in [-0.25, -0.2) is 4.98 Å². The van der Waals surface area contributed by atoms with E-state index in [1.54, 1.807) is 12.1 Å². The summed E-state index contributed by atoms with van der Waals surface area (Å²) < 4.78 is 6.79. The van der Waals surface area contributed by atoms with Crippen LogP contribution in [0.5, 0.6) is 11.6 Å². The van der Waals surface area contributed by atoms with Gasteiger partial charge in [0.2, 0.25) is 5.88 Å². The van der Waals surface area contributed by atoms with Crippen molar-refractivity contribution in [2.24, 2.45) is 0 Å². The van der Waals surface area contributed by atoms with Crippen molar-refractivity contribution in [1.82, 2.24) is 10.3 Å². The molecule has 0 amide bonds. The minimum Gasteiger partial charge on any atom is -0.439 e. The topological polar surface area (TPSA) is 34.2 Å². The minimum atomic E-state index is 0.538. The zero-order chi connectivity index (χ0) is 13.8. The number of halogens is 2. The normalized spacial score (nSPS) is 10.5. The van der Waals surface area contributed by atoms with Crippen molar-refractivity contribution in [3.05, 3.63) is 51.1 Å². The first kappa shape index (κ1) is 14.3. The molecular weight excluding hydrogens is 328 g/mol. The third-order valence-corrected chi connectivity index (χ3v) is 3.82. The molecule has 0 aliphatic rings. The molecule has 0 spiro atoms. The first-order valence-corrected chi connectivity index (χ1v) is 7.01. The SMILES string of the molecule is CNCc1nc(Oc2ccc(Br)c(C)c2)ccc1Cl. The maximum absolute atomic E-state index is 6.06. The van der Waals surface area contributed by atoms with Gasteiger partial charge in [0.25, 0.3) is 0 Å². The van der Waals surface area contributed by atoms with Crippen LogP contribution in [0.4, 0.5) is 0 Å². The molecule has 5 heteroatoms. The molecule has 0 aliphatic carbocycles. The Labute approximate surface area is 126 Å². The van der Waals surface area contributed by atoms with Gasteiger partial charge in [-0.1, -0.05) is 27.5 Å². The fourth-order valence-electron chi connectivity index (χ4n) is 1.61. The van der Waals surface area contributed by atoms with Gasteiger partial charge in [-0.3, -0.25) is 0 Å². The highest BCUT2D eigenvalue weighted by molar-refractivity contribution is 9.10. The molecule has 0 atom stereocenters. The molecule has 0 saturated carbocycles. The Morgan fingerprint density at radius 1 is 1.32 bits per heavy atom. The van der Waals surface area contributed by atoms with E-state index in [2.05, 4.69) is 26.2 Å². The van der Waals surface area contributed by atoms with Crippen molar-refractivity contribution < 1.29 is 4.74 Å². The zero-order valence-electron chi connectivity index (χ0n) is 10.7. The summed E-state index contributed by atoms with van der Waals surface area (Å²) >= 11 is 9.52. The lowest BCUT2D eigenvalue weighted by atomic mass is 10.2. The smallest absolute Gasteiger partial charge is 0.219 e. The summed E-state index contributed by atoms with van der Waals surface area (Å²) in [6.07, 6.45) is 0. The van der Waals surface area contributed by atoms with Crippen molar-refractivity contribution >= 4 is 27.5 Å². The number of ether oxygens (including phenoxy) is 1. The second-order valence-electron chi connectivity index (χ2n) is 4.12. The number of benzene rings is 1. The maximum Gasteiger partial charge on any atom is 0.219 e. The highest BCUT2D eigenvalue weighted by Gasteiger charge is 2.06. The molecule has 1 N–H and O–H groups in total. The van der Waals surface area contributed by atoms with Crippen LogP contribution in [0.3, 0.4) is 0 Å². The average Bonchev–Trinajstić information content (AvgIpc) is 2.38. The molecule has 19 heavy (non-hydrogen) atoms. The number of rotatable bonds is 4. The summed E-state index contributed by atoms with van der Waals surface area (Å²) in [5.41, 5.74) is 1.89. The van der Waals surface area contributed by atoms with Crippen LogP contribution in [0.15, 0.2) is 34.8 Å². The molecule has 0 bridgehead atoms. The third-order valence-electron chi connectivity index (χ3n) is 2.59. The Hall–Kier alpha value is -1.10. The number of nitrogens with one attached hydrogen (secondary N) is 1. The van der Waals surface area contributed by atoms with Crippen molar-refractivity contribution in [3.8, 4) is 11.6 Å². The Morgan fingerprint density at radius 3 is 2.79 bits per heavy atom. The third kappa shape index (κ3) is 3.69. The monoisotopic (exact) mass is 340 g/mol. The Balaban J connectivity index is 2.22. The van der Waals surface area contributed by atoms with Gasteiger partial charge in [-0.15, -0.1) is 0 Å². The number of aromatic nitrogens is 1. The molecule has 1 aromatic carbocycles. The van der Waals surface area contributed by atoms with E-state index in [0.717, 1.165) is 21.5 Å². The van der Waals surface area contributed by atoms with Crippen LogP contribution in [0.25, 0.3) is 0 Å². The predicted molar refractivity (Wildman–Crippen MR) is 81.0 cm³/mol. The van der Waals surface area contributed by atoms with Gasteiger partial charge >= 0.3 is 0 Å². The standard InChI is InChI=1S/C14H14BrClN2O/c1-9-7-10(3-4-11(9)15)19-14-6-5-12(16)13(18-14)8-17-2/h3-7,17H,8H2,1-2H3. The predicted octanol–water partition coefficient (Wildman–Crippen LogP) is 4.32. The van der Waals surface area contributed by atoms with Gasteiger partial charge in [0.15, 0.2) is 0 Å². The van der Waals surface area contributed by atoms with Gasteiger partial charge < -0.3 is 10.1 Å². The summed E-state index contributed by atoms with van der Waals surface area (Å²) in [4.78, 5) is 4.38. The van der Waals surface area contributed by atoms with Crippen LogP contribution >= 0.6 is 27.5 Å². The number of aryl methyl sites for hydroxylation is 1. The van der Waals surface area contributed by atoms with Gasteiger partial charge in [-0.2, -0.15) is 0 Å². The maximum atomic E-state index is 6.06. The molecule has 2 rings (SSSR count). The highest BCUT2D eigenvalue weighted by Crippen LogP contribution is 2.26. The highest BCUT2D eigenvalue weighted by atomic mass is 79.9. The van der Waals surface area contributed by atoms with Crippen LogP contribution in [0, 0.1) is 6.92 Å². The van der Waals surface area contributed by atoms with E-state index in [0.29, 0.717) is 17.4 Å². The van der Waals surface area contributed by atoms with E-state index < -0.39 is 0 Å². The molecule has 3 nitrogen and oxygen atoms in total. The van der Waals surface area contributed by atoms with Crippen LogP contribution in [0.1, 0.15) is 11.3 Å². The quantitative estimate of drug-likeness (QED) is 0.899. The van der Waals surface area contributed by atoms with E-state index in [-0.39, 0.29) is 0 Å². The van der Waals surface area contributed by atoms with Gasteiger partial charge in [0.05, 0.1) is 10.7 Å². The first-order valence-electron chi connectivity index (χ1n) is 5.84. The van der Waals surface area contributed by atoms with Crippen LogP contribution in [0.2, 0.25) is 5.02 Å². The molecule has 100 valence electrons. The Morgan fingerprint density at radius 2 is 2.11 bits per heavy atom. The Bertz CT molecular complexity index is 590. The zero-order valence-corrected chi connectivity index (χ0v) is 13.0. The fourth-order valence-corrected chi connectivity index (χ4v) is 2.03. The number of pyridine rings is 1. The van der Waals surface area contributed by atoms with E-state index in [1.165, 1.54) is 0 Å². The van der Waals surface area contributed by atoms with Crippen molar-refractivity contribution in [3.63, 3.8) is 0 Å². The molecule has 0 radical (unpaired) electrons. The van der Waals surface area contributed by atoms with Crippen molar-refractivity contribution in [1.29, 1.82) is 0 Å². The molecule has 0 saturated heterocycles. The Kier molecular flexibility index (Phi) is 4.80. The molecule has 0 fully saturated rings. The molecule has 1 heterocycles. The largest absolute Gasteiger partial charge is 0.439 e. The molecule has 1 aromatic heterocycles. The summed E-state index contributed by atoms with van der Waals surface area (Å²) in [6.45, 7) is 2.62. The molecular formula is C14H14BrClN2O. The summed E-state index contributed by atoms with van der Waals surface area (Å²) in [6, 6.07) is 9.36. The van der Waals surface area contributed by atoms with E-state index in [4.69, 9.17) is 16.3 Å². The van der Waals surface area contributed by atoms with Crippen LogP contribution in [-0.4, -0.2) is 12.0 Å². The number of nitrogens with zero attached hydrogens (tertiary/aromatic N) is 1. The van der Waals surface area contributed by atoms with Crippen molar-refractivity contribution in [2.75, 3.05) is 7.05 Å². The van der Waals surface area contributed by atoms with E-state index >= 15 is 0 Å². The molecule has 2 aromatic rings. The lowest BCUT2D eigenvalue weighted by Crippen LogP contribution is -2.07. The molecule has 0 unspecified atom stereocenters. The number of hydrogen-bond acceptors (Lipinski definition) is 3. The lowest BCUT2D eigenvalue weighted by Gasteiger charge is -2.09. The van der Waals surface area contributed by atoms with Gasteiger partial charge in [0, 0.05) is 17.1 Å². The summed E-state index contributed by atoms with van der Waals surface area (Å²) in [7, 11) is 1.85. The first-order chi connectivity index (χ1) is 9.10. The number of hydrogen-bond donors (Lipinski definition) is 1. The second kappa shape index (κ2) is 6.37. The lowest BCUT2D eigenvalue weighted by molar-refractivity contribution is 0.459. The van der Waals surface area contributed by atoms with Gasteiger partial charge in [-0.05, 0) is 43.8 Å². The summed E-state index contributed by atoms with van der Waals surface area (Å²) in [5.74, 6) is 1.29. The second-order valence-corrected chi connectivity index (χ2v) is 5.38. The summed E-state index contributed by atoms with van der Waals surface area (Å²) in [5, 5.41) is 3.66. The van der Waals surface area contributed by atoms with E-state index in [9.17, 15) is 0 Å². The minimum absolute atomic E-state index is 0.538. The van der Waals surface area contributed by atoms with E-state index in [1.807, 2.05) is 32.2 Å². The van der Waals surface area contributed by atoms with Gasteiger partial charge in [0.1, 0.15) is 5.75 Å². The molecule has 0 aliphatic heterocycles. The average molecular weight is 342 g/mol. The van der Waals surface area contributed by atoms with Crippen LogP contribution < -0.4 is 10.1 Å².